The van der Waals surface area contributed by atoms with Crippen molar-refractivity contribution < 1.29 is 4.92 Å². The van der Waals surface area contributed by atoms with Crippen LogP contribution in [0.3, 0.4) is 0 Å². The normalized spacial score (nSPS) is 23.3. The van der Waals surface area contributed by atoms with E-state index in [0.717, 1.165) is 11.5 Å². The Labute approximate surface area is 121 Å². The highest BCUT2D eigenvalue weighted by Crippen LogP contribution is 2.29. The van der Waals surface area contributed by atoms with E-state index < -0.39 is 0 Å². The molecule has 1 aliphatic rings. The van der Waals surface area contributed by atoms with E-state index in [1.54, 1.807) is 6.07 Å². The Morgan fingerprint density at radius 1 is 1.47 bits per heavy atom. The van der Waals surface area contributed by atoms with Crippen molar-refractivity contribution >= 4 is 21.6 Å². The van der Waals surface area contributed by atoms with Gasteiger partial charge < -0.3 is 5.32 Å². The SMILES string of the molecule is CC1CCCC(NCc2cccc([N+](=O)[O-])c2Br)C1. The Kier molecular flexibility index (Phi) is 4.93. The number of benzene rings is 1. The van der Waals surface area contributed by atoms with Crippen molar-refractivity contribution in [1.82, 2.24) is 5.32 Å². The van der Waals surface area contributed by atoms with Gasteiger partial charge in [-0.25, -0.2) is 0 Å². The molecular formula is C14H19BrN2O2. The van der Waals surface area contributed by atoms with Gasteiger partial charge in [-0.1, -0.05) is 31.9 Å². The van der Waals surface area contributed by atoms with Gasteiger partial charge in [-0.15, -0.1) is 0 Å². The van der Waals surface area contributed by atoms with Crippen LogP contribution in [0, 0.1) is 16.0 Å². The number of hydrogen-bond donors (Lipinski definition) is 1. The van der Waals surface area contributed by atoms with Crippen molar-refractivity contribution in [3.05, 3.63) is 38.3 Å². The molecule has 1 N–H and O–H groups in total. The quantitative estimate of drug-likeness (QED) is 0.671. The summed E-state index contributed by atoms with van der Waals surface area (Å²) in [6.07, 6.45) is 5.00. The second-order valence-electron chi connectivity index (χ2n) is 5.36. The third-order valence-corrected chi connectivity index (χ3v) is 4.69. The van der Waals surface area contributed by atoms with Crippen molar-refractivity contribution in [3.8, 4) is 0 Å². The zero-order chi connectivity index (χ0) is 13.8. The van der Waals surface area contributed by atoms with Gasteiger partial charge in [0.15, 0.2) is 0 Å². The number of halogens is 1. The molecule has 1 aromatic carbocycles. The van der Waals surface area contributed by atoms with Gasteiger partial charge in [0.1, 0.15) is 0 Å². The molecule has 4 nitrogen and oxygen atoms in total. The van der Waals surface area contributed by atoms with Gasteiger partial charge in [-0.05, 0) is 40.3 Å². The molecule has 0 aromatic heterocycles. The Morgan fingerprint density at radius 3 is 2.95 bits per heavy atom. The number of rotatable bonds is 4. The van der Waals surface area contributed by atoms with Gasteiger partial charge in [-0.3, -0.25) is 10.1 Å². The minimum Gasteiger partial charge on any atom is -0.310 e. The van der Waals surface area contributed by atoms with E-state index in [1.807, 2.05) is 6.07 Å². The predicted octanol–water partition coefficient (Wildman–Crippen LogP) is 4.03. The maximum Gasteiger partial charge on any atom is 0.283 e. The van der Waals surface area contributed by atoms with Crippen LogP contribution in [0.15, 0.2) is 22.7 Å². The first kappa shape index (κ1) is 14.5. The summed E-state index contributed by atoms with van der Waals surface area (Å²) in [6.45, 7) is 2.97. The molecule has 5 heteroatoms. The zero-order valence-electron chi connectivity index (χ0n) is 11.1. The first-order valence-corrected chi connectivity index (χ1v) is 7.52. The number of nitro benzene ring substituents is 1. The highest BCUT2D eigenvalue weighted by atomic mass is 79.9. The molecule has 19 heavy (non-hydrogen) atoms. The lowest BCUT2D eigenvalue weighted by Crippen LogP contribution is -2.33. The fourth-order valence-corrected chi connectivity index (χ4v) is 3.27. The molecule has 2 unspecified atom stereocenters. The van der Waals surface area contributed by atoms with Crippen molar-refractivity contribution in [1.29, 1.82) is 0 Å². The van der Waals surface area contributed by atoms with E-state index in [-0.39, 0.29) is 10.6 Å². The molecular weight excluding hydrogens is 308 g/mol. The summed E-state index contributed by atoms with van der Waals surface area (Å²) < 4.78 is 0.594. The summed E-state index contributed by atoms with van der Waals surface area (Å²) in [6, 6.07) is 5.73. The fraction of sp³-hybridized carbons (Fsp3) is 0.571. The molecule has 2 rings (SSSR count). The Balaban J connectivity index is 1.99. The van der Waals surface area contributed by atoms with Gasteiger partial charge >= 0.3 is 0 Å². The van der Waals surface area contributed by atoms with Crippen LogP contribution >= 0.6 is 15.9 Å². The minimum atomic E-state index is -0.351. The van der Waals surface area contributed by atoms with Crippen molar-refractivity contribution in [2.45, 2.75) is 45.2 Å². The van der Waals surface area contributed by atoms with E-state index in [1.165, 1.54) is 31.7 Å². The van der Waals surface area contributed by atoms with Crippen molar-refractivity contribution in [2.75, 3.05) is 0 Å². The zero-order valence-corrected chi connectivity index (χ0v) is 12.6. The van der Waals surface area contributed by atoms with E-state index in [4.69, 9.17) is 0 Å². The van der Waals surface area contributed by atoms with E-state index in [0.29, 0.717) is 17.1 Å². The van der Waals surface area contributed by atoms with Crippen molar-refractivity contribution in [2.24, 2.45) is 5.92 Å². The van der Waals surface area contributed by atoms with E-state index in [2.05, 4.69) is 28.2 Å². The summed E-state index contributed by atoms with van der Waals surface area (Å²) >= 11 is 3.34. The van der Waals surface area contributed by atoms with Crippen LogP contribution in [0.5, 0.6) is 0 Å². The standard InChI is InChI=1S/C14H19BrN2O2/c1-10-4-2-6-12(8-10)16-9-11-5-3-7-13(14(11)15)17(18)19/h3,5,7,10,12,16H,2,4,6,8-9H2,1H3. The average molecular weight is 327 g/mol. The highest BCUT2D eigenvalue weighted by molar-refractivity contribution is 9.10. The lowest BCUT2D eigenvalue weighted by Gasteiger charge is -2.27. The molecule has 104 valence electrons. The average Bonchev–Trinajstić information content (AvgIpc) is 2.37. The summed E-state index contributed by atoms with van der Waals surface area (Å²) in [5.41, 5.74) is 1.09. The van der Waals surface area contributed by atoms with Gasteiger partial charge in [0.2, 0.25) is 0 Å². The molecule has 1 aliphatic carbocycles. The summed E-state index contributed by atoms with van der Waals surface area (Å²) in [5, 5.41) is 14.4. The van der Waals surface area contributed by atoms with Crippen LogP contribution in [0.25, 0.3) is 0 Å². The maximum absolute atomic E-state index is 10.9. The topological polar surface area (TPSA) is 55.2 Å². The van der Waals surface area contributed by atoms with Crippen LogP contribution in [0.2, 0.25) is 0 Å². The maximum atomic E-state index is 10.9. The Bertz CT molecular complexity index is 465. The summed E-state index contributed by atoms with van der Waals surface area (Å²) in [7, 11) is 0. The van der Waals surface area contributed by atoms with Gasteiger partial charge in [0.05, 0.1) is 9.40 Å². The molecule has 0 spiro atoms. The summed E-state index contributed by atoms with van der Waals surface area (Å²) in [4.78, 5) is 10.5. The lowest BCUT2D eigenvalue weighted by molar-refractivity contribution is -0.385. The van der Waals surface area contributed by atoms with E-state index in [9.17, 15) is 10.1 Å². The molecule has 1 fully saturated rings. The molecule has 0 aliphatic heterocycles. The van der Waals surface area contributed by atoms with Crippen LogP contribution in [-0.2, 0) is 6.54 Å². The first-order chi connectivity index (χ1) is 9.08. The fourth-order valence-electron chi connectivity index (χ4n) is 2.72. The Hall–Kier alpha value is -0.940. The van der Waals surface area contributed by atoms with E-state index >= 15 is 0 Å². The molecule has 1 aromatic rings. The second-order valence-corrected chi connectivity index (χ2v) is 6.15. The predicted molar refractivity (Wildman–Crippen MR) is 79.1 cm³/mol. The second kappa shape index (κ2) is 6.48. The number of nitrogens with zero attached hydrogens (tertiary/aromatic N) is 1. The molecule has 0 saturated heterocycles. The molecule has 2 atom stereocenters. The largest absolute Gasteiger partial charge is 0.310 e. The molecule has 1 saturated carbocycles. The molecule has 0 bridgehead atoms. The Morgan fingerprint density at radius 2 is 2.26 bits per heavy atom. The number of nitro groups is 1. The number of hydrogen-bond acceptors (Lipinski definition) is 3. The highest BCUT2D eigenvalue weighted by Gasteiger charge is 2.19. The number of nitrogens with one attached hydrogen (secondary N) is 1. The molecule has 0 amide bonds. The van der Waals surface area contributed by atoms with Crippen LogP contribution < -0.4 is 5.32 Å². The van der Waals surface area contributed by atoms with Crippen molar-refractivity contribution in [3.63, 3.8) is 0 Å². The summed E-state index contributed by atoms with van der Waals surface area (Å²) in [5.74, 6) is 0.778. The molecule has 0 radical (unpaired) electrons. The third kappa shape index (κ3) is 3.76. The van der Waals surface area contributed by atoms with Crippen LogP contribution in [-0.4, -0.2) is 11.0 Å². The lowest BCUT2D eigenvalue weighted by atomic mass is 9.87. The molecule has 0 heterocycles. The van der Waals surface area contributed by atoms with Crippen LogP contribution in [0.1, 0.15) is 38.2 Å². The van der Waals surface area contributed by atoms with Gasteiger partial charge in [-0.2, -0.15) is 0 Å². The third-order valence-electron chi connectivity index (χ3n) is 3.77. The minimum absolute atomic E-state index is 0.135. The van der Waals surface area contributed by atoms with Crippen LogP contribution in [0.4, 0.5) is 5.69 Å². The monoisotopic (exact) mass is 326 g/mol. The van der Waals surface area contributed by atoms with Gasteiger partial charge in [0, 0.05) is 18.7 Å². The van der Waals surface area contributed by atoms with Gasteiger partial charge in [0.25, 0.3) is 5.69 Å². The first-order valence-electron chi connectivity index (χ1n) is 6.73. The smallest absolute Gasteiger partial charge is 0.283 e.